The van der Waals surface area contributed by atoms with Crippen LogP contribution in [-0.4, -0.2) is 63.6 Å². The fourth-order valence-corrected chi connectivity index (χ4v) is 3.42. The molecule has 0 bridgehead atoms. The molecule has 2 aliphatic heterocycles. The van der Waals surface area contributed by atoms with Gasteiger partial charge >= 0.3 is 17.9 Å². The van der Waals surface area contributed by atoms with Crippen LogP contribution >= 0.6 is 0 Å². The second-order valence-corrected chi connectivity index (χ2v) is 8.34. The van der Waals surface area contributed by atoms with Crippen molar-refractivity contribution in [2.75, 3.05) is 0 Å². The maximum Gasteiger partial charge on any atom is 0.355 e. The lowest BCUT2D eigenvalue weighted by Crippen LogP contribution is -2.45. The van der Waals surface area contributed by atoms with Gasteiger partial charge in [-0.1, -0.05) is 30.3 Å². The Bertz CT molecular complexity index is 1100. The smallest absolute Gasteiger partial charge is 0.355 e. The van der Waals surface area contributed by atoms with Crippen molar-refractivity contribution in [1.29, 1.82) is 0 Å². The lowest BCUT2D eigenvalue weighted by molar-refractivity contribution is -0.199. The van der Waals surface area contributed by atoms with Crippen LogP contribution in [0.4, 0.5) is 0 Å². The summed E-state index contributed by atoms with van der Waals surface area (Å²) in [5.41, 5.74) is 0.736. The Morgan fingerprint density at radius 2 is 1.29 bits per heavy atom. The van der Waals surface area contributed by atoms with Gasteiger partial charge in [0.05, 0.1) is 6.42 Å². The number of hydrogen-bond acceptors (Lipinski definition) is 11. The number of nitrogens with zero attached hydrogens (tertiary/aromatic N) is 2. The summed E-state index contributed by atoms with van der Waals surface area (Å²) in [6.07, 6.45) is -2.12. The van der Waals surface area contributed by atoms with Gasteiger partial charge in [-0.05, 0) is 12.0 Å². The number of esters is 1. The Hall–Kier alpha value is -4.62. The predicted octanol–water partition coefficient (Wildman–Crippen LogP) is -0.0106. The number of amides is 5. The van der Waals surface area contributed by atoms with Gasteiger partial charge in [0.25, 0.3) is 23.6 Å². The summed E-state index contributed by atoms with van der Waals surface area (Å²) in [5, 5.41) is 2.93. The third-order valence-electron chi connectivity index (χ3n) is 5.44. The summed E-state index contributed by atoms with van der Waals surface area (Å²) in [7, 11) is 0. The van der Waals surface area contributed by atoms with Crippen molar-refractivity contribution in [2.24, 2.45) is 0 Å². The molecule has 38 heavy (non-hydrogen) atoms. The molecule has 3 rings (SSSR count). The Morgan fingerprint density at radius 3 is 1.87 bits per heavy atom. The molecule has 202 valence electrons. The molecule has 1 unspecified atom stereocenters. The Kier molecular flexibility index (Phi) is 9.62. The number of ether oxygens (including phenoxy) is 1. The minimum atomic E-state index is -1.47. The number of carbonyl (C=O) groups excluding carboxylic acids is 8. The molecular weight excluding hydrogens is 506 g/mol. The molecule has 14 heteroatoms. The molecule has 0 aliphatic carbocycles. The number of benzene rings is 1. The number of nitrogens with one attached hydrogen (secondary N) is 1. The number of carbonyl (C=O) groups is 8. The molecule has 2 aliphatic rings. The van der Waals surface area contributed by atoms with Gasteiger partial charge in [0.2, 0.25) is 5.91 Å². The van der Waals surface area contributed by atoms with Crippen LogP contribution in [0.3, 0.4) is 0 Å². The fraction of sp³-hybridized carbons (Fsp3) is 0.417. The fourth-order valence-electron chi connectivity index (χ4n) is 3.42. The number of imide groups is 2. The quantitative estimate of drug-likeness (QED) is 0.283. The normalized spacial score (nSPS) is 15.9. The minimum Gasteiger partial charge on any atom is -0.461 e. The van der Waals surface area contributed by atoms with E-state index in [1.54, 1.807) is 30.3 Å². The average molecular weight is 531 g/mol. The van der Waals surface area contributed by atoms with Crippen molar-refractivity contribution in [3.8, 4) is 0 Å². The van der Waals surface area contributed by atoms with Crippen LogP contribution in [0.1, 0.15) is 56.9 Å². The lowest BCUT2D eigenvalue weighted by Gasteiger charge is -2.20. The molecule has 0 spiro atoms. The molecule has 0 radical (unpaired) electrons. The zero-order valence-corrected chi connectivity index (χ0v) is 20.2. The van der Waals surface area contributed by atoms with E-state index in [1.165, 1.54) is 0 Å². The van der Waals surface area contributed by atoms with Crippen LogP contribution in [0.5, 0.6) is 0 Å². The van der Waals surface area contributed by atoms with E-state index in [0.29, 0.717) is 10.1 Å². The second-order valence-electron chi connectivity index (χ2n) is 8.34. The van der Waals surface area contributed by atoms with Crippen LogP contribution in [0.25, 0.3) is 0 Å². The Morgan fingerprint density at radius 1 is 0.737 bits per heavy atom. The van der Waals surface area contributed by atoms with Gasteiger partial charge < -0.3 is 19.7 Å². The summed E-state index contributed by atoms with van der Waals surface area (Å²) in [5.74, 6) is -6.54. The van der Waals surface area contributed by atoms with Crippen LogP contribution in [0.15, 0.2) is 30.3 Å². The molecule has 0 saturated carbocycles. The van der Waals surface area contributed by atoms with Gasteiger partial charge in [-0.25, -0.2) is 9.59 Å². The van der Waals surface area contributed by atoms with Gasteiger partial charge in [0, 0.05) is 38.5 Å². The molecule has 5 amide bonds. The highest BCUT2D eigenvalue weighted by Crippen LogP contribution is 2.15. The van der Waals surface area contributed by atoms with Crippen LogP contribution < -0.4 is 5.32 Å². The zero-order valence-electron chi connectivity index (χ0n) is 20.2. The van der Waals surface area contributed by atoms with Gasteiger partial charge in [0.1, 0.15) is 12.6 Å². The first-order valence-corrected chi connectivity index (χ1v) is 11.8. The summed E-state index contributed by atoms with van der Waals surface area (Å²) in [6, 6.07) is 7.36. The highest BCUT2D eigenvalue weighted by atomic mass is 16.7. The van der Waals surface area contributed by atoms with Crippen molar-refractivity contribution in [3.63, 3.8) is 0 Å². The van der Waals surface area contributed by atoms with Crippen molar-refractivity contribution in [1.82, 2.24) is 15.4 Å². The van der Waals surface area contributed by atoms with Gasteiger partial charge in [-0.15, -0.1) is 10.1 Å². The lowest BCUT2D eigenvalue weighted by atomic mass is 10.1. The molecule has 2 saturated heterocycles. The first-order chi connectivity index (χ1) is 18.1. The van der Waals surface area contributed by atoms with Crippen molar-refractivity contribution in [2.45, 2.75) is 64.0 Å². The average Bonchev–Trinajstić information content (AvgIpc) is 3.39. The molecule has 2 heterocycles. The Balaban J connectivity index is 1.53. The molecule has 0 aromatic heterocycles. The van der Waals surface area contributed by atoms with Crippen LogP contribution in [0, 0.1) is 0 Å². The van der Waals surface area contributed by atoms with Gasteiger partial charge in [-0.2, -0.15) is 0 Å². The summed E-state index contributed by atoms with van der Waals surface area (Å²) in [6.45, 7) is -0.0118. The van der Waals surface area contributed by atoms with Gasteiger partial charge in [-0.3, -0.25) is 28.8 Å². The molecule has 1 N–H and O–H groups in total. The van der Waals surface area contributed by atoms with Gasteiger partial charge in [0.15, 0.2) is 0 Å². The van der Waals surface area contributed by atoms with E-state index in [-0.39, 0.29) is 45.1 Å². The zero-order chi connectivity index (χ0) is 27.7. The third-order valence-corrected chi connectivity index (χ3v) is 5.44. The first kappa shape index (κ1) is 28.0. The van der Waals surface area contributed by atoms with E-state index in [2.05, 4.69) is 10.2 Å². The van der Waals surface area contributed by atoms with Crippen molar-refractivity contribution >= 4 is 47.4 Å². The summed E-state index contributed by atoms with van der Waals surface area (Å²) >= 11 is 0. The highest BCUT2D eigenvalue weighted by molar-refractivity contribution is 6.02. The third kappa shape index (κ3) is 7.94. The molecular formula is C24H25N3O11. The monoisotopic (exact) mass is 531 g/mol. The predicted molar refractivity (Wildman–Crippen MR) is 121 cm³/mol. The van der Waals surface area contributed by atoms with E-state index >= 15 is 0 Å². The van der Waals surface area contributed by atoms with E-state index in [0.717, 1.165) is 5.56 Å². The highest BCUT2D eigenvalue weighted by Gasteiger charge is 2.36. The van der Waals surface area contributed by atoms with E-state index in [4.69, 9.17) is 9.57 Å². The maximum atomic E-state index is 12.6. The molecule has 1 aromatic carbocycles. The molecule has 1 aromatic rings. The first-order valence-electron chi connectivity index (χ1n) is 11.8. The second kappa shape index (κ2) is 13.1. The molecule has 14 nitrogen and oxygen atoms in total. The summed E-state index contributed by atoms with van der Waals surface area (Å²) < 4.78 is 5.15. The van der Waals surface area contributed by atoms with Crippen molar-refractivity contribution < 1.29 is 52.8 Å². The van der Waals surface area contributed by atoms with E-state index in [1.807, 2.05) is 0 Å². The van der Waals surface area contributed by atoms with Crippen LogP contribution in [-0.2, 0) is 59.4 Å². The number of hydrogen-bond donors (Lipinski definition) is 1. The van der Waals surface area contributed by atoms with Crippen molar-refractivity contribution in [3.05, 3.63) is 35.9 Å². The van der Waals surface area contributed by atoms with E-state index in [9.17, 15) is 38.4 Å². The topological polar surface area (TPSA) is 183 Å². The maximum absolute atomic E-state index is 12.6. The summed E-state index contributed by atoms with van der Waals surface area (Å²) in [4.78, 5) is 105. The number of rotatable bonds is 12. The minimum absolute atomic E-state index is 0.0118. The SMILES string of the molecule is O=C(CCC(=O)ON1C(=O)CCC1=O)NC(CCC(=O)OCc1ccccc1)C(=O)ON1C(=O)CCC1=O. The largest absolute Gasteiger partial charge is 0.461 e. The standard InChI is InChI=1S/C24H25N3O11/c28-17(7-13-23(34)37-26-18(29)8-9-19(26)30)25-16(24(35)38-27-20(31)10-11-21(27)32)6-12-22(33)36-14-15-4-2-1-3-5-15/h1-5,16H,6-14H2,(H,25,28). The van der Waals surface area contributed by atoms with Crippen LogP contribution in [0.2, 0.25) is 0 Å². The number of hydroxylamine groups is 4. The van der Waals surface area contributed by atoms with E-state index < -0.39 is 66.3 Å². The Labute approximate surface area is 216 Å². The molecule has 1 atom stereocenters. The molecule has 2 fully saturated rings.